The molecule has 0 spiro atoms. The van der Waals surface area contributed by atoms with E-state index in [1.807, 2.05) is 19.1 Å². The fraction of sp³-hybridized carbons (Fsp3) is 0.485. The minimum Gasteiger partial charge on any atom is -0.382 e. The van der Waals surface area contributed by atoms with Gasteiger partial charge in [0.15, 0.2) is 17.5 Å². The first-order valence-electron chi connectivity index (χ1n) is 15.9. The number of piperazine rings is 1. The van der Waals surface area contributed by atoms with E-state index in [2.05, 4.69) is 74.9 Å². The monoisotopic (exact) mass is 628 g/mol. The van der Waals surface area contributed by atoms with Crippen LogP contribution in [-0.2, 0) is 5.41 Å². The van der Waals surface area contributed by atoms with E-state index >= 15 is 0 Å². The lowest BCUT2D eigenvalue weighted by Crippen LogP contribution is -2.49. The highest BCUT2D eigenvalue weighted by atomic mass is 16.1. The average Bonchev–Trinajstić information content (AvgIpc) is 3.50. The number of nitrogens with zero attached hydrogens (tertiary/aromatic N) is 7. The number of hydrogen-bond acceptors (Lipinski definition) is 10. The van der Waals surface area contributed by atoms with Crippen molar-refractivity contribution < 1.29 is 4.79 Å². The Kier molecular flexibility index (Phi) is 9.92. The number of likely N-dealkylation sites (tertiary alicyclic amines) is 1. The van der Waals surface area contributed by atoms with Crippen LogP contribution in [0.15, 0.2) is 42.0 Å². The van der Waals surface area contributed by atoms with E-state index in [1.165, 1.54) is 32.1 Å². The third-order valence-corrected chi connectivity index (χ3v) is 8.76. The van der Waals surface area contributed by atoms with Gasteiger partial charge in [-0.25, -0.2) is 9.98 Å². The van der Waals surface area contributed by atoms with E-state index < -0.39 is 0 Å². The molecular formula is C33H48N12O. The molecule has 2 aliphatic heterocycles. The van der Waals surface area contributed by atoms with Crippen molar-refractivity contribution in [3.8, 4) is 0 Å². The summed E-state index contributed by atoms with van der Waals surface area (Å²) in [6.07, 6.45) is 4.01. The Labute approximate surface area is 271 Å². The molecule has 2 fully saturated rings. The fourth-order valence-electron chi connectivity index (χ4n) is 5.79. The molecule has 0 radical (unpaired) electrons. The number of carbonyl (C=O) groups excluding carboxylic acids is 1. The summed E-state index contributed by atoms with van der Waals surface area (Å²) in [4.78, 5) is 34.4. The lowest BCUT2D eigenvalue weighted by molar-refractivity contribution is 0.102. The number of nitrogen functional groups attached to an aromatic ring is 1. The SMILES string of the molecule is C=CNc1c(N)nc(N2CCN(CC3CCN(C)CC3)CC2)nc1C(N)=Nc1cc(C(=O)Nc2cc(C(C)(C)C)[nH]n2)ccc1C. The Morgan fingerprint density at radius 2 is 1.85 bits per heavy atom. The topological polar surface area (TPSA) is 170 Å². The first kappa shape index (κ1) is 32.9. The number of carbonyl (C=O) groups is 1. The minimum absolute atomic E-state index is 0.122. The van der Waals surface area contributed by atoms with E-state index in [9.17, 15) is 4.79 Å². The number of anilines is 4. The summed E-state index contributed by atoms with van der Waals surface area (Å²) in [5.41, 5.74) is 16.4. The number of hydrogen-bond donors (Lipinski definition) is 5. The van der Waals surface area contributed by atoms with Gasteiger partial charge in [-0.15, -0.1) is 0 Å². The number of amides is 1. The quantitative estimate of drug-likeness (QED) is 0.174. The molecule has 2 saturated heterocycles. The molecule has 13 heteroatoms. The zero-order valence-electron chi connectivity index (χ0n) is 27.7. The average molecular weight is 629 g/mol. The molecular weight excluding hydrogens is 580 g/mol. The molecule has 3 aromatic rings. The van der Waals surface area contributed by atoms with Gasteiger partial charge in [-0.3, -0.25) is 14.8 Å². The van der Waals surface area contributed by atoms with Gasteiger partial charge in [0.1, 0.15) is 11.4 Å². The number of rotatable bonds is 9. The zero-order valence-corrected chi connectivity index (χ0v) is 27.7. The van der Waals surface area contributed by atoms with Gasteiger partial charge in [-0.1, -0.05) is 33.4 Å². The number of H-pyrrole nitrogens is 1. The van der Waals surface area contributed by atoms with Gasteiger partial charge in [-0.05, 0) is 69.7 Å². The van der Waals surface area contributed by atoms with Crippen molar-refractivity contribution in [1.82, 2.24) is 30.0 Å². The van der Waals surface area contributed by atoms with Crippen molar-refractivity contribution in [2.24, 2.45) is 16.6 Å². The van der Waals surface area contributed by atoms with Gasteiger partial charge in [-0.2, -0.15) is 10.1 Å². The Morgan fingerprint density at radius 3 is 2.50 bits per heavy atom. The van der Waals surface area contributed by atoms with E-state index in [4.69, 9.17) is 21.4 Å². The Morgan fingerprint density at radius 1 is 1.13 bits per heavy atom. The van der Waals surface area contributed by atoms with Gasteiger partial charge >= 0.3 is 0 Å². The predicted molar refractivity (Wildman–Crippen MR) is 186 cm³/mol. The van der Waals surface area contributed by atoms with E-state index in [-0.39, 0.29) is 23.0 Å². The molecule has 4 heterocycles. The number of nitrogens with one attached hydrogen (secondary N) is 3. The maximum atomic E-state index is 13.1. The molecule has 2 aromatic heterocycles. The van der Waals surface area contributed by atoms with Crippen LogP contribution in [0.5, 0.6) is 0 Å². The van der Waals surface area contributed by atoms with Crippen LogP contribution in [0.3, 0.4) is 0 Å². The number of aliphatic imine (C=N–C) groups is 1. The molecule has 13 nitrogen and oxygen atoms in total. The van der Waals surface area contributed by atoms with Crippen molar-refractivity contribution in [3.05, 3.63) is 59.6 Å². The molecule has 5 rings (SSSR count). The molecule has 0 aliphatic carbocycles. The lowest BCUT2D eigenvalue weighted by atomic mass is 9.92. The number of aromatic amines is 1. The van der Waals surface area contributed by atoms with Crippen LogP contribution in [0.1, 0.15) is 60.9 Å². The standard InChI is InChI=1S/C33H48N12O/c1-7-36-27-28(39-32(40-29(27)34)45-16-14-44(15-17-45)20-22-10-12-43(6)13-11-22)30(35)37-24-18-23(9-8-21(24)2)31(46)38-26-19-25(41-42-26)33(3,4)5/h7-9,18-19,22,36H,1,10-17,20H2,2-6H3,(H2,35,37)(H2,34,39,40)(H2,38,41,42,46). The van der Waals surface area contributed by atoms with Crippen molar-refractivity contribution in [3.63, 3.8) is 0 Å². The summed E-state index contributed by atoms with van der Waals surface area (Å²) in [6.45, 7) is 18.8. The molecule has 0 saturated carbocycles. The molecule has 7 N–H and O–H groups in total. The van der Waals surface area contributed by atoms with Crippen LogP contribution < -0.4 is 27.0 Å². The minimum atomic E-state index is -0.306. The molecule has 0 bridgehead atoms. The normalized spacial score (nSPS) is 17.2. The highest BCUT2D eigenvalue weighted by Crippen LogP contribution is 2.28. The predicted octanol–water partition coefficient (Wildman–Crippen LogP) is 3.70. The zero-order chi connectivity index (χ0) is 33.0. The molecule has 1 amide bonds. The van der Waals surface area contributed by atoms with Crippen LogP contribution in [-0.4, -0.2) is 94.6 Å². The largest absolute Gasteiger partial charge is 0.382 e. The second-order valence-corrected chi connectivity index (χ2v) is 13.4. The molecule has 0 atom stereocenters. The van der Waals surface area contributed by atoms with E-state index in [0.717, 1.165) is 49.9 Å². The highest BCUT2D eigenvalue weighted by molar-refractivity contribution is 6.06. The molecule has 0 unspecified atom stereocenters. The number of nitrogens with two attached hydrogens (primary N) is 2. The van der Waals surface area contributed by atoms with E-state index in [0.29, 0.717) is 34.4 Å². The van der Waals surface area contributed by atoms with Crippen LogP contribution >= 0.6 is 0 Å². The van der Waals surface area contributed by atoms with Crippen molar-refractivity contribution >= 4 is 40.7 Å². The van der Waals surface area contributed by atoms with Crippen LogP contribution in [0.2, 0.25) is 0 Å². The van der Waals surface area contributed by atoms with Crippen molar-refractivity contribution in [1.29, 1.82) is 0 Å². The van der Waals surface area contributed by atoms with Crippen molar-refractivity contribution in [2.75, 3.05) is 74.1 Å². The van der Waals surface area contributed by atoms with Crippen LogP contribution in [0, 0.1) is 12.8 Å². The smallest absolute Gasteiger partial charge is 0.256 e. The molecule has 246 valence electrons. The first-order valence-corrected chi connectivity index (χ1v) is 15.9. The Hall–Kier alpha value is -4.49. The maximum Gasteiger partial charge on any atom is 0.256 e. The van der Waals surface area contributed by atoms with Crippen LogP contribution in [0.25, 0.3) is 0 Å². The van der Waals surface area contributed by atoms with Gasteiger partial charge in [0.25, 0.3) is 5.91 Å². The number of aryl methyl sites for hydroxylation is 1. The summed E-state index contributed by atoms with van der Waals surface area (Å²) >= 11 is 0. The number of piperidine rings is 1. The Balaban J connectivity index is 1.33. The lowest BCUT2D eigenvalue weighted by Gasteiger charge is -2.38. The summed E-state index contributed by atoms with van der Waals surface area (Å²) in [5, 5.41) is 13.1. The van der Waals surface area contributed by atoms with Crippen LogP contribution in [0.4, 0.5) is 29.0 Å². The summed E-state index contributed by atoms with van der Waals surface area (Å²) < 4.78 is 0. The third kappa shape index (κ3) is 7.83. The van der Waals surface area contributed by atoms with E-state index in [1.54, 1.807) is 12.1 Å². The number of benzene rings is 1. The van der Waals surface area contributed by atoms with Crippen molar-refractivity contribution in [2.45, 2.75) is 46.0 Å². The van der Waals surface area contributed by atoms with Gasteiger partial charge in [0, 0.05) is 55.5 Å². The second kappa shape index (κ2) is 13.9. The van der Waals surface area contributed by atoms with Gasteiger partial charge in [0.05, 0.1) is 5.69 Å². The second-order valence-electron chi connectivity index (χ2n) is 13.4. The summed E-state index contributed by atoms with van der Waals surface area (Å²) in [5.74, 6) is 1.80. The molecule has 2 aliphatic rings. The fourth-order valence-corrected chi connectivity index (χ4v) is 5.79. The molecule has 46 heavy (non-hydrogen) atoms. The van der Waals surface area contributed by atoms with Gasteiger partial charge < -0.3 is 31.9 Å². The maximum absolute atomic E-state index is 13.1. The first-order chi connectivity index (χ1) is 21.9. The summed E-state index contributed by atoms with van der Waals surface area (Å²) in [6, 6.07) is 7.11. The third-order valence-electron chi connectivity index (χ3n) is 8.76. The van der Waals surface area contributed by atoms with Gasteiger partial charge in [0.2, 0.25) is 5.95 Å². The summed E-state index contributed by atoms with van der Waals surface area (Å²) in [7, 11) is 2.20. The number of aromatic nitrogens is 4. The molecule has 1 aromatic carbocycles. The highest BCUT2D eigenvalue weighted by Gasteiger charge is 2.26. The number of amidine groups is 1. The Bertz CT molecular complexity index is 1570.